The fourth-order valence-electron chi connectivity index (χ4n) is 3.18. The molecule has 7 N–H and O–H groups in total. The van der Waals surface area contributed by atoms with E-state index in [0.717, 1.165) is 12.8 Å². The second kappa shape index (κ2) is 28.8. The van der Waals surface area contributed by atoms with E-state index in [4.69, 9.17) is 19.9 Å². The molecule has 0 heterocycles. The summed E-state index contributed by atoms with van der Waals surface area (Å²) in [5, 5.41) is 13.7. The molecule has 0 radical (unpaired) electrons. The third-order valence-electron chi connectivity index (χ3n) is 5.25. The van der Waals surface area contributed by atoms with Crippen molar-refractivity contribution < 1.29 is 38.1 Å². The van der Waals surface area contributed by atoms with Crippen molar-refractivity contribution in [2.45, 2.75) is 52.3 Å². The van der Waals surface area contributed by atoms with Crippen LogP contribution in [0.1, 0.15) is 50.4 Å². The van der Waals surface area contributed by atoms with Crippen molar-refractivity contribution in [1.82, 2.24) is 26.6 Å². The van der Waals surface area contributed by atoms with E-state index in [1.54, 1.807) is 45.5 Å². The van der Waals surface area contributed by atoms with Crippen LogP contribution in [-0.2, 0) is 28.6 Å². The maximum atomic E-state index is 12.5. The largest absolute Gasteiger partial charge is 0.489 e. The van der Waals surface area contributed by atoms with E-state index in [0.29, 0.717) is 24.3 Å². The van der Waals surface area contributed by atoms with Gasteiger partial charge in [0, 0.05) is 53.4 Å². The third kappa shape index (κ3) is 23.9. The van der Waals surface area contributed by atoms with Crippen molar-refractivity contribution in [1.29, 1.82) is 0 Å². The minimum atomic E-state index is -0.710. The fraction of sp³-hybridized carbons (Fsp3) is 0.655. The van der Waals surface area contributed by atoms with Crippen LogP contribution in [-0.4, -0.2) is 110 Å². The zero-order chi connectivity index (χ0) is 32.9. The molecular weight excluding hydrogens is 560 g/mol. The van der Waals surface area contributed by atoms with E-state index >= 15 is 0 Å². The van der Waals surface area contributed by atoms with Crippen LogP contribution in [0.2, 0.25) is 0 Å². The van der Waals surface area contributed by atoms with Crippen molar-refractivity contribution in [2.24, 2.45) is 5.73 Å². The third-order valence-corrected chi connectivity index (χ3v) is 5.25. The average Bonchev–Trinajstić information content (AvgIpc) is 3.00. The van der Waals surface area contributed by atoms with E-state index in [2.05, 4.69) is 31.3 Å². The normalized spacial score (nSPS) is 11.3. The van der Waals surface area contributed by atoms with Gasteiger partial charge in [-0.2, -0.15) is 0 Å². The number of hydrogen-bond acceptors (Lipinski definition) is 10. The Hall–Kier alpha value is -3.30. The van der Waals surface area contributed by atoms with Gasteiger partial charge in [-0.3, -0.25) is 19.2 Å². The molecule has 14 heteroatoms. The van der Waals surface area contributed by atoms with Gasteiger partial charge in [0.05, 0.1) is 19.3 Å². The minimum Gasteiger partial charge on any atom is -0.489 e. The number of unbranched alkanes of at least 4 members (excludes halogenated alkanes) is 1. The van der Waals surface area contributed by atoms with Crippen LogP contribution in [0.25, 0.3) is 0 Å². The van der Waals surface area contributed by atoms with Crippen LogP contribution >= 0.6 is 0 Å². The maximum Gasteiger partial charge on any atom is 0.251 e. The van der Waals surface area contributed by atoms with Gasteiger partial charge in [-0.1, -0.05) is 19.9 Å². The Morgan fingerprint density at radius 1 is 0.930 bits per heavy atom. The first-order chi connectivity index (χ1) is 20.7. The van der Waals surface area contributed by atoms with Gasteiger partial charge in [0.15, 0.2) is 0 Å². The summed E-state index contributed by atoms with van der Waals surface area (Å²) in [6.45, 7) is 7.03. The van der Waals surface area contributed by atoms with Crippen LogP contribution in [0.3, 0.4) is 0 Å². The molecule has 0 spiro atoms. The SMILES string of the molecule is CC.CNC(=O)COCCOC(N)COc1cccc(C(=O)NCCNC(=O)C(CCCCNC(C)=O)NC)c1.COC. The number of nitrogens with one attached hydrogen (secondary N) is 5. The first-order valence-electron chi connectivity index (χ1n) is 14.4. The number of ether oxygens (including phenoxy) is 4. The van der Waals surface area contributed by atoms with E-state index < -0.39 is 6.23 Å². The van der Waals surface area contributed by atoms with Crippen molar-refractivity contribution in [2.75, 3.05) is 74.4 Å². The van der Waals surface area contributed by atoms with Gasteiger partial charge in [-0.15, -0.1) is 0 Å². The van der Waals surface area contributed by atoms with Crippen molar-refractivity contribution in [3.8, 4) is 5.75 Å². The summed E-state index contributed by atoms with van der Waals surface area (Å²) in [7, 11) is 6.50. The maximum absolute atomic E-state index is 12.5. The number of carbonyl (C=O) groups excluding carboxylic acids is 4. The first-order valence-corrected chi connectivity index (χ1v) is 14.4. The Labute approximate surface area is 256 Å². The number of carbonyl (C=O) groups is 4. The fourth-order valence-corrected chi connectivity index (χ4v) is 3.18. The second-order valence-electron chi connectivity index (χ2n) is 8.75. The highest BCUT2D eigenvalue weighted by Gasteiger charge is 2.15. The molecule has 0 saturated carbocycles. The van der Waals surface area contributed by atoms with Crippen LogP contribution < -0.4 is 37.1 Å². The Balaban J connectivity index is 0. The number of likely N-dealkylation sites (N-methyl/N-ethyl adjacent to an activating group) is 2. The number of benzene rings is 1. The standard InChI is InChI=1S/C25H42N6O7.C2H6O.C2H6/c1-18(32)29-10-5-4-9-21(27-2)25(35)31-12-11-30-24(34)19-7-6-8-20(15-19)38-16-22(26)37-14-13-36-17-23(33)28-3;1-3-2;1-2/h6-8,15,21-22,27H,4-5,9-14,16-17,26H2,1-3H3,(H,28,33)(H,29,32)(H,30,34)(H,31,35);1-2H3;1-2H3. The molecule has 14 nitrogen and oxygen atoms in total. The predicted octanol–water partition coefficient (Wildman–Crippen LogP) is 0.159. The van der Waals surface area contributed by atoms with Crippen LogP contribution in [0.5, 0.6) is 5.75 Å². The lowest BCUT2D eigenvalue weighted by molar-refractivity contribution is -0.126. The molecule has 0 saturated heterocycles. The highest BCUT2D eigenvalue weighted by Crippen LogP contribution is 2.13. The summed E-state index contributed by atoms with van der Waals surface area (Å²) >= 11 is 0. The molecule has 0 bridgehead atoms. The molecule has 2 unspecified atom stereocenters. The lowest BCUT2D eigenvalue weighted by Crippen LogP contribution is -2.45. The molecule has 1 rings (SSSR count). The van der Waals surface area contributed by atoms with Gasteiger partial charge in [0.25, 0.3) is 5.91 Å². The topological polar surface area (TPSA) is 191 Å². The van der Waals surface area contributed by atoms with Crippen molar-refractivity contribution in [3.63, 3.8) is 0 Å². The van der Waals surface area contributed by atoms with Gasteiger partial charge in [0.2, 0.25) is 17.7 Å². The lowest BCUT2D eigenvalue weighted by atomic mass is 10.1. The van der Waals surface area contributed by atoms with Crippen LogP contribution in [0, 0.1) is 0 Å². The van der Waals surface area contributed by atoms with E-state index in [1.165, 1.54) is 14.0 Å². The predicted molar refractivity (Wildman–Crippen MR) is 166 cm³/mol. The average molecular weight is 615 g/mol. The first kappa shape index (κ1) is 41.8. The molecule has 0 aliphatic carbocycles. The molecule has 0 aliphatic rings. The van der Waals surface area contributed by atoms with Crippen molar-refractivity contribution in [3.05, 3.63) is 29.8 Å². The molecule has 4 amide bonds. The number of nitrogens with two attached hydrogens (primary N) is 1. The molecular formula is C29H54N6O8. The molecule has 0 fully saturated rings. The Morgan fingerprint density at radius 2 is 1.60 bits per heavy atom. The summed E-state index contributed by atoms with van der Waals surface area (Å²) in [6.07, 6.45) is 1.51. The second-order valence-corrected chi connectivity index (χ2v) is 8.75. The Morgan fingerprint density at radius 3 is 2.23 bits per heavy atom. The summed E-state index contributed by atoms with van der Waals surface area (Å²) in [5.74, 6) is -0.287. The number of hydrogen-bond donors (Lipinski definition) is 6. The molecule has 43 heavy (non-hydrogen) atoms. The zero-order valence-electron chi connectivity index (χ0n) is 26.9. The lowest BCUT2D eigenvalue weighted by Gasteiger charge is -2.16. The summed E-state index contributed by atoms with van der Waals surface area (Å²) in [4.78, 5) is 46.8. The van der Waals surface area contributed by atoms with E-state index in [1.807, 2.05) is 13.8 Å². The van der Waals surface area contributed by atoms with Gasteiger partial charge in [-0.25, -0.2) is 0 Å². The monoisotopic (exact) mass is 614 g/mol. The Kier molecular flexibility index (Phi) is 28.0. The molecule has 2 atom stereocenters. The van der Waals surface area contributed by atoms with E-state index in [9.17, 15) is 19.2 Å². The van der Waals surface area contributed by atoms with Crippen molar-refractivity contribution >= 4 is 23.6 Å². The molecule has 0 aliphatic heterocycles. The summed E-state index contributed by atoms with van der Waals surface area (Å²) in [6, 6.07) is 6.28. The smallest absolute Gasteiger partial charge is 0.251 e. The van der Waals surface area contributed by atoms with Gasteiger partial charge >= 0.3 is 0 Å². The van der Waals surface area contributed by atoms with Gasteiger partial charge in [0.1, 0.15) is 25.2 Å². The summed E-state index contributed by atoms with van der Waals surface area (Å²) < 4.78 is 20.4. The number of methoxy groups -OCH3 is 1. The Bertz CT molecular complexity index is 890. The van der Waals surface area contributed by atoms with E-state index in [-0.39, 0.29) is 69.2 Å². The van der Waals surface area contributed by atoms with Gasteiger partial charge < -0.3 is 51.3 Å². The molecule has 0 aromatic heterocycles. The molecule has 1 aromatic rings. The molecule has 1 aromatic carbocycles. The minimum absolute atomic E-state index is 0.0502. The summed E-state index contributed by atoms with van der Waals surface area (Å²) in [5.41, 5.74) is 6.26. The van der Waals surface area contributed by atoms with Gasteiger partial charge in [-0.05, 0) is 44.5 Å². The number of amides is 4. The highest BCUT2D eigenvalue weighted by atomic mass is 16.6. The zero-order valence-corrected chi connectivity index (χ0v) is 26.9. The quantitative estimate of drug-likeness (QED) is 0.0871. The van der Waals surface area contributed by atoms with Crippen LogP contribution in [0.4, 0.5) is 0 Å². The molecule has 248 valence electrons. The highest BCUT2D eigenvalue weighted by molar-refractivity contribution is 5.94. The van der Waals surface area contributed by atoms with Crippen LogP contribution in [0.15, 0.2) is 24.3 Å². The number of rotatable bonds is 20.